The van der Waals surface area contributed by atoms with Gasteiger partial charge in [0.25, 0.3) is 0 Å². The van der Waals surface area contributed by atoms with Gasteiger partial charge in [-0.2, -0.15) is 5.26 Å². The van der Waals surface area contributed by atoms with Crippen LogP contribution in [0.3, 0.4) is 0 Å². The normalized spacial score (nSPS) is 11.5. The van der Waals surface area contributed by atoms with E-state index in [1.54, 1.807) is 0 Å². The fourth-order valence-electron chi connectivity index (χ4n) is 7.09. The first-order valence-corrected chi connectivity index (χ1v) is 15.2. The molecule has 0 aliphatic heterocycles. The third-order valence-corrected chi connectivity index (χ3v) is 9.18. The summed E-state index contributed by atoms with van der Waals surface area (Å²) in [5.41, 5.74) is 8.65. The van der Waals surface area contributed by atoms with Gasteiger partial charge in [-0.1, -0.05) is 115 Å². The summed E-state index contributed by atoms with van der Waals surface area (Å²) >= 11 is 0. The maximum atomic E-state index is 9.66. The van der Waals surface area contributed by atoms with E-state index in [1.165, 1.54) is 54.4 Å². The quantitative estimate of drug-likeness (QED) is 0.194. The Balaban J connectivity index is 1.27. The summed E-state index contributed by atoms with van der Waals surface area (Å²) in [6, 6.07) is 58.7. The molecule has 8 aromatic carbocycles. The summed E-state index contributed by atoms with van der Waals surface area (Å²) in [5, 5.41) is 19.6. The molecule has 1 aromatic heterocycles. The Hall–Kier alpha value is -6.17. The standard InChI is InChI=1S/C43H26N2/c44-27-28-17-20-38-39-22-19-31(25-43(39)45(42(38)23-28)33-12-2-1-3-13-33)30-10-8-11-32(24-30)40-26-41-34-14-5-4-9-29(34)18-21-37(41)35-15-6-7-16-36(35)40/h1-26H. The Labute approximate surface area is 260 Å². The van der Waals surface area contributed by atoms with Crippen LogP contribution in [0.2, 0.25) is 0 Å². The van der Waals surface area contributed by atoms with Gasteiger partial charge >= 0.3 is 0 Å². The van der Waals surface area contributed by atoms with Gasteiger partial charge in [-0.05, 0) is 97.0 Å². The zero-order valence-corrected chi connectivity index (χ0v) is 24.4. The van der Waals surface area contributed by atoms with Crippen molar-refractivity contribution in [1.29, 1.82) is 5.26 Å². The summed E-state index contributed by atoms with van der Waals surface area (Å²) in [6.07, 6.45) is 0. The van der Waals surface area contributed by atoms with Crippen LogP contribution in [0.4, 0.5) is 0 Å². The summed E-state index contributed by atoms with van der Waals surface area (Å²) in [7, 11) is 0. The van der Waals surface area contributed by atoms with Crippen molar-refractivity contribution in [1.82, 2.24) is 4.57 Å². The summed E-state index contributed by atoms with van der Waals surface area (Å²) < 4.78 is 2.28. The number of aromatic nitrogens is 1. The van der Waals surface area contributed by atoms with Crippen molar-refractivity contribution < 1.29 is 0 Å². The molecule has 0 spiro atoms. The molecule has 0 unspecified atom stereocenters. The maximum Gasteiger partial charge on any atom is 0.0992 e. The van der Waals surface area contributed by atoms with E-state index in [0.29, 0.717) is 5.56 Å². The molecule has 2 nitrogen and oxygen atoms in total. The predicted molar refractivity (Wildman–Crippen MR) is 189 cm³/mol. The average Bonchev–Trinajstić information content (AvgIpc) is 3.44. The van der Waals surface area contributed by atoms with Crippen molar-refractivity contribution in [3.63, 3.8) is 0 Å². The van der Waals surface area contributed by atoms with Crippen molar-refractivity contribution in [2.24, 2.45) is 0 Å². The van der Waals surface area contributed by atoms with Gasteiger partial charge in [0.15, 0.2) is 0 Å². The van der Waals surface area contributed by atoms with Crippen LogP contribution >= 0.6 is 0 Å². The van der Waals surface area contributed by atoms with E-state index in [1.807, 2.05) is 18.2 Å². The molecule has 9 aromatic rings. The van der Waals surface area contributed by atoms with Crippen LogP contribution < -0.4 is 0 Å². The van der Waals surface area contributed by atoms with Crippen molar-refractivity contribution >= 4 is 54.1 Å². The molecule has 9 rings (SSSR count). The van der Waals surface area contributed by atoms with Gasteiger partial charge in [-0.25, -0.2) is 0 Å². The molecule has 2 heteroatoms. The SMILES string of the molecule is N#Cc1ccc2c3ccc(-c4cccc(-c5cc6c7ccccc7ccc6c6ccccc56)c4)cc3n(-c3ccccc3)c2c1. The molecule has 0 bridgehead atoms. The highest BCUT2D eigenvalue weighted by atomic mass is 15.0. The largest absolute Gasteiger partial charge is 0.309 e. The number of nitriles is 1. The highest BCUT2D eigenvalue weighted by Crippen LogP contribution is 2.40. The number of hydrogen-bond donors (Lipinski definition) is 0. The van der Waals surface area contributed by atoms with Gasteiger partial charge in [0.2, 0.25) is 0 Å². The van der Waals surface area contributed by atoms with E-state index >= 15 is 0 Å². The van der Waals surface area contributed by atoms with Crippen LogP contribution in [-0.2, 0) is 0 Å². The predicted octanol–water partition coefficient (Wildman–Crippen LogP) is 11.4. The first kappa shape index (κ1) is 25.3. The molecule has 0 amide bonds. The third-order valence-electron chi connectivity index (χ3n) is 9.18. The fraction of sp³-hybridized carbons (Fsp3) is 0. The Bertz CT molecular complexity index is 2650. The lowest BCUT2D eigenvalue weighted by molar-refractivity contribution is 1.18. The maximum absolute atomic E-state index is 9.66. The third kappa shape index (κ3) is 3.95. The van der Waals surface area contributed by atoms with Gasteiger partial charge in [0.1, 0.15) is 0 Å². The molecule has 0 saturated carbocycles. The monoisotopic (exact) mass is 570 g/mol. The summed E-state index contributed by atoms with van der Waals surface area (Å²) in [4.78, 5) is 0. The summed E-state index contributed by atoms with van der Waals surface area (Å²) in [6.45, 7) is 0. The number of benzene rings is 8. The number of hydrogen-bond acceptors (Lipinski definition) is 1. The Kier molecular flexibility index (Phi) is 5.60. The lowest BCUT2D eigenvalue weighted by Gasteiger charge is -2.14. The molecule has 0 radical (unpaired) electrons. The molecule has 208 valence electrons. The smallest absolute Gasteiger partial charge is 0.0992 e. The van der Waals surface area contributed by atoms with E-state index in [2.05, 4.69) is 150 Å². The lowest BCUT2D eigenvalue weighted by Crippen LogP contribution is -1.94. The number of rotatable bonds is 3. The second kappa shape index (κ2) is 9.95. The van der Waals surface area contributed by atoms with E-state index in [4.69, 9.17) is 0 Å². The van der Waals surface area contributed by atoms with Gasteiger partial charge in [0, 0.05) is 16.5 Å². The molecule has 0 atom stereocenters. The van der Waals surface area contributed by atoms with Crippen molar-refractivity contribution in [3.8, 4) is 34.0 Å². The molecule has 45 heavy (non-hydrogen) atoms. The Morgan fingerprint density at radius 1 is 0.400 bits per heavy atom. The van der Waals surface area contributed by atoms with E-state index < -0.39 is 0 Å². The minimum atomic E-state index is 0.658. The number of fused-ring (bicyclic) bond motifs is 8. The lowest BCUT2D eigenvalue weighted by atomic mass is 9.90. The topological polar surface area (TPSA) is 28.7 Å². The Morgan fingerprint density at radius 2 is 1.04 bits per heavy atom. The van der Waals surface area contributed by atoms with E-state index in [9.17, 15) is 5.26 Å². The number of nitrogens with zero attached hydrogens (tertiary/aromatic N) is 2. The number of para-hydroxylation sites is 1. The van der Waals surface area contributed by atoms with Gasteiger partial charge in [0.05, 0.1) is 22.7 Å². The van der Waals surface area contributed by atoms with Gasteiger partial charge in [-0.3, -0.25) is 0 Å². The second-order valence-electron chi connectivity index (χ2n) is 11.7. The zero-order chi connectivity index (χ0) is 29.9. The van der Waals surface area contributed by atoms with Crippen LogP contribution in [0.15, 0.2) is 158 Å². The highest BCUT2D eigenvalue weighted by molar-refractivity contribution is 6.21. The van der Waals surface area contributed by atoms with Crippen LogP contribution in [0.1, 0.15) is 5.56 Å². The fourth-order valence-corrected chi connectivity index (χ4v) is 7.09. The zero-order valence-electron chi connectivity index (χ0n) is 24.4. The van der Waals surface area contributed by atoms with E-state index in [-0.39, 0.29) is 0 Å². The van der Waals surface area contributed by atoms with E-state index in [0.717, 1.165) is 27.7 Å². The molecular formula is C43H26N2. The molecular weight excluding hydrogens is 544 g/mol. The van der Waals surface area contributed by atoms with Crippen LogP contribution in [0.25, 0.3) is 82.1 Å². The summed E-state index contributed by atoms with van der Waals surface area (Å²) in [5.74, 6) is 0. The Morgan fingerprint density at radius 3 is 1.89 bits per heavy atom. The molecule has 0 N–H and O–H groups in total. The average molecular weight is 571 g/mol. The highest BCUT2D eigenvalue weighted by Gasteiger charge is 2.15. The minimum absolute atomic E-state index is 0.658. The first-order chi connectivity index (χ1) is 22.3. The molecule has 0 aliphatic rings. The molecule has 0 fully saturated rings. The van der Waals surface area contributed by atoms with Gasteiger partial charge < -0.3 is 4.57 Å². The van der Waals surface area contributed by atoms with Crippen LogP contribution in [0, 0.1) is 11.3 Å². The molecule has 0 aliphatic carbocycles. The first-order valence-electron chi connectivity index (χ1n) is 15.2. The van der Waals surface area contributed by atoms with Crippen LogP contribution in [-0.4, -0.2) is 4.57 Å². The second-order valence-corrected chi connectivity index (χ2v) is 11.7. The minimum Gasteiger partial charge on any atom is -0.309 e. The molecule has 1 heterocycles. The van der Waals surface area contributed by atoms with Gasteiger partial charge in [-0.15, -0.1) is 0 Å². The molecule has 0 saturated heterocycles. The van der Waals surface area contributed by atoms with Crippen molar-refractivity contribution in [3.05, 3.63) is 163 Å². The van der Waals surface area contributed by atoms with Crippen molar-refractivity contribution in [2.45, 2.75) is 0 Å². The van der Waals surface area contributed by atoms with Crippen molar-refractivity contribution in [2.75, 3.05) is 0 Å². The van der Waals surface area contributed by atoms with Crippen LogP contribution in [0.5, 0.6) is 0 Å².